The predicted octanol–water partition coefficient (Wildman–Crippen LogP) is 7.83. The van der Waals surface area contributed by atoms with E-state index < -0.39 is 17.8 Å². The van der Waals surface area contributed by atoms with E-state index in [4.69, 9.17) is 26.3 Å². The molecule has 1 aliphatic rings. The molecule has 1 aromatic heterocycles. The third kappa shape index (κ3) is 9.97. The molecule has 0 bridgehead atoms. The maximum Gasteiger partial charge on any atom is 0.318 e. The normalized spacial score (nSPS) is 15.3. The van der Waals surface area contributed by atoms with Crippen molar-refractivity contribution in [1.29, 1.82) is 5.26 Å². The van der Waals surface area contributed by atoms with Crippen LogP contribution in [-0.4, -0.2) is 53.6 Å². The molecular formula is C33H47ClFN5O2. The first-order valence-corrected chi connectivity index (χ1v) is 15.5. The van der Waals surface area contributed by atoms with Crippen LogP contribution < -0.4 is 9.64 Å². The number of hydrogen-bond acceptors (Lipinski definition) is 6. The number of nitriles is 1. The van der Waals surface area contributed by atoms with Gasteiger partial charge in [0.2, 0.25) is 0 Å². The van der Waals surface area contributed by atoms with Crippen molar-refractivity contribution >= 4 is 23.3 Å². The minimum Gasteiger partial charge on any atom is -0.467 e. The van der Waals surface area contributed by atoms with Gasteiger partial charge in [-0.15, -0.1) is 0 Å². The molecule has 7 nitrogen and oxygen atoms in total. The summed E-state index contributed by atoms with van der Waals surface area (Å²) in [4.78, 5) is 25.2. The molecule has 0 spiro atoms. The topological polar surface area (TPSA) is 82.3 Å². The second kappa shape index (κ2) is 18.4. The molecule has 1 fully saturated rings. The summed E-state index contributed by atoms with van der Waals surface area (Å²) in [5, 5.41) is 10.1. The zero-order valence-corrected chi connectivity index (χ0v) is 26.7. The molecule has 1 aromatic carbocycles. The van der Waals surface area contributed by atoms with Crippen molar-refractivity contribution in [3.05, 3.63) is 58.5 Å². The summed E-state index contributed by atoms with van der Waals surface area (Å²) >= 11 is 6.37. The quantitative estimate of drug-likeness (QED) is 0.172. The second-order valence-electron chi connectivity index (χ2n) is 10.8. The SMILES string of the molecule is C=C(F)C(=O)N1CCN(c2nc(OC)nc([C@H](C)CCc3ccccc3Cl)c2CCC)CC1CC#N.CCCCCC. The number of halogens is 2. The van der Waals surface area contributed by atoms with Gasteiger partial charge in [-0.2, -0.15) is 15.2 Å². The molecule has 2 heterocycles. The van der Waals surface area contributed by atoms with Gasteiger partial charge in [-0.3, -0.25) is 4.79 Å². The van der Waals surface area contributed by atoms with E-state index in [2.05, 4.69) is 45.2 Å². The molecule has 1 saturated heterocycles. The van der Waals surface area contributed by atoms with E-state index in [1.54, 1.807) is 7.11 Å². The van der Waals surface area contributed by atoms with Crippen LogP contribution in [0, 0.1) is 11.3 Å². The Kier molecular flexibility index (Phi) is 15.3. The number of nitrogens with zero attached hydrogens (tertiary/aromatic N) is 5. The number of hydrogen-bond donors (Lipinski definition) is 0. The van der Waals surface area contributed by atoms with Crippen LogP contribution >= 0.6 is 11.6 Å². The van der Waals surface area contributed by atoms with Gasteiger partial charge in [-0.25, -0.2) is 4.39 Å². The number of carbonyl (C=O) groups is 1. The van der Waals surface area contributed by atoms with E-state index >= 15 is 0 Å². The van der Waals surface area contributed by atoms with Crippen LogP contribution in [0.4, 0.5) is 10.2 Å². The third-order valence-electron chi connectivity index (χ3n) is 7.51. The van der Waals surface area contributed by atoms with E-state index in [-0.39, 0.29) is 24.9 Å². The van der Waals surface area contributed by atoms with Gasteiger partial charge in [0, 0.05) is 30.2 Å². The number of piperazine rings is 1. The lowest BCUT2D eigenvalue weighted by molar-refractivity contribution is -0.131. The fraction of sp³-hybridized carbons (Fsp3) is 0.576. The summed E-state index contributed by atoms with van der Waals surface area (Å²) < 4.78 is 19.1. The van der Waals surface area contributed by atoms with Gasteiger partial charge >= 0.3 is 6.01 Å². The Hall–Kier alpha value is -3.18. The van der Waals surface area contributed by atoms with Gasteiger partial charge in [-0.1, -0.05) is 96.2 Å². The molecule has 0 radical (unpaired) electrons. The zero-order chi connectivity index (χ0) is 31.1. The standard InChI is InChI=1S/C27H33ClFN5O2.C6H14/c1-5-8-22-24(18(2)11-12-20-9-6-7-10-23(20)28)31-27(36-4)32-25(22)33-15-16-34(26(35)19(3)29)21(17-33)13-14-30;1-3-5-6-4-2/h6-7,9-10,18,21H,3,5,8,11-13,15-17H2,1-2,4H3;3-6H2,1-2H3/t18-,21?;/m1./s1. The lowest BCUT2D eigenvalue weighted by Crippen LogP contribution is -2.55. The first kappa shape index (κ1) is 35.0. The summed E-state index contributed by atoms with van der Waals surface area (Å²) in [6.45, 7) is 12.9. The number of anilines is 1. The fourth-order valence-corrected chi connectivity index (χ4v) is 5.41. The first-order valence-electron chi connectivity index (χ1n) is 15.2. The van der Waals surface area contributed by atoms with Gasteiger partial charge in [0.1, 0.15) is 5.82 Å². The lowest BCUT2D eigenvalue weighted by Gasteiger charge is -2.41. The Morgan fingerprint density at radius 2 is 1.86 bits per heavy atom. The van der Waals surface area contributed by atoms with E-state index in [9.17, 15) is 14.4 Å². The molecule has 230 valence electrons. The average Bonchev–Trinajstić information content (AvgIpc) is 2.99. The number of unbranched alkanes of at least 4 members (excludes halogenated alkanes) is 3. The molecule has 1 unspecified atom stereocenters. The van der Waals surface area contributed by atoms with Crippen molar-refractivity contribution in [3.63, 3.8) is 0 Å². The van der Waals surface area contributed by atoms with Crippen LogP contribution in [0.2, 0.25) is 5.02 Å². The van der Waals surface area contributed by atoms with Crippen LogP contribution in [0.3, 0.4) is 0 Å². The van der Waals surface area contributed by atoms with Gasteiger partial charge < -0.3 is 14.5 Å². The van der Waals surface area contributed by atoms with Crippen molar-refractivity contribution < 1.29 is 13.9 Å². The summed E-state index contributed by atoms with van der Waals surface area (Å²) in [5.41, 5.74) is 3.06. The maximum atomic E-state index is 13.6. The number of benzene rings is 1. The van der Waals surface area contributed by atoms with Crippen LogP contribution in [0.15, 0.2) is 36.7 Å². The summed E-state index contributed by atoms with van der Waals surface area (Å²) in [7, 11) is 1.54. The Balaban J connectivity index is 0.000000928. The molecule has 3 rings (SSSR count). The predicted molar refractivity (Wildman–Crippen MR) is 169 cm³/mol. The van der Waals surface area contributed by atoms with E-state index in [1.807, 2.05) is 24.3 Å². The monoisotopic (exact) mass is 599 g/mol. The van der Waals surface area contributed by atoms with Crippen LogP contribution in [0.25, 0.3) is 0 Å². The molecule has 2 atom stereocenters. The van der Waals surface area contributed by atoms with Crippen molar-refractivity contribution in [1.82, 2.24) is 14.9 Å². The average molecular weight is 600 g/mol. The summed E-state index contributed by atoms with van der Waals surface area (Å²) in [6, 6.07) is 9.77. The van der Waals surface area contributed by atoms with Crippen LogP contribution in [-0.2, 0) is 17.6 Å². The summed E-state index contributed by atoms with van der Waals surface area (Å²) in [5.74, 6) is -0.919. The van der Waals surface area contributed by atoms with Gasteiger partial charge in [0.25, 0.3) is 5.91 Å². The molecule has 0 N–H and O–H groups in total. The number of aryl methyl sites for hydroxylation is 1. The Morgan fingerprint density at radius 1 is 1.17 bits per heavy atom. The first-order chi connectivity index (χ1) is 20.2. The lowest BCUT2D eigenvalue weighted by atomic mass is 9.93. The number of carbonyl (C=O) groups excluding carboxylic acids is 1. The fourth-order valence-electron chi connectivity index (χ4n) is 5.18. The zero-order valence-electron chi connectivity index (χ0n) is 26.0. The van der Waals surface area contributed by atoms with Gasteiger partial charge in [0.05, 0.1) is 31.3 Å². The van der Waals surface area contributed by atoms with Crippen LogP contribution in [0.1, 0.15) is 95.4 Å². The highest BCUT2D eigenvalue weighted by atomic mass is 35.5. The van der Waals surface area contributed by atoms with E-state index in [1.165, 1.54) is 30.6 Å². The number of ether oxygens (including phenoxy) is 1. The molecule has 9 heteroatoms. The van der Waals surface area contributed by atoms with Crippen molar-refractivity contribution in [2.75, 3.05) is 31.6 Å². The molecule has 0 aliphatic carbocycles. The largest absolute Gasteiger partial charge is 0.467 e. The number of rotatable bonds is 13. The number of methoxy groups -OCH3 is 1. The van der Waals surface area contributed by atoms with Gasteiger partial charge in [-0.05, 0) is 36.8 Å². The van der Waals surface area contributed by atoms with Crippen molar-refractivity contribution in [3.8, 4) is 12.1 Å². The minimum absolute atomic E-state index is 0.0853. The van der Waals surface area contributed by atoms with Crippen molar-refractivity contribution in [2.45, 2.75) is 97.4 Å². The Bertz CT molecular complexity index is 1200. The smallest absolute Gasteiger partial charge is 0.318 e. The summed E-state index contributed by atoms with van der Waals surface area (Å²) in [6.07, 6.45) is 8.95. The molecular weight excluding hydrogens is 553 g/mol. The third-order valence-corrected chi connectivity index (χ3v) is 7.88. The Labute approximate surface area is 256 Å². The minimum atomic E-state index is -1.02. The maximum absolute atomic E-state index is 13.6. The molecule has 0 saturated carbocycles. The second-order valence-corrected chi connectivity index (χ2v) is 11.2. The van der Waals surface area contributed by atoms with Crippen molar-refractivity contribution in [2.24, 2.45) is 0 Å². The Morgan fingerprint density at radius 3 is 2.43 bits per heavy atom. The highest BCUT2D eigenvalue weighted by molar-refractivity contribution is 6.31. The molecule has 1 aliphatic heterocycles. The highest BCUT2D eigenvalue weighted by Crippen LogP contribution is 2.33. The van der Waals surface area contributed by atoms with E-state index in [0.717, 1.165) is 53.3 Å². The van der Waals surface area contributed by atoms with Gasteiger partial charge in [0.15, 0.2) is 5.83 Å². The highest BCUT2D eigenvalue weighted by Gasteiger charge is 2.34. The molecule has 42 heavy (non-hydrogen) atoms. The number of amides is 1. The van der Waals surface area contributed by atoms with E-state index in [0.29, 0.717) is 13.1 Å². The number of aromatic nitrogens is 2. The molecule has 1 amide bonds. The van der Waals surface area contributed by atoms with Crippen LogP contribution in [0.5, 0.6) is 6.01 Å². The molecule has 2 aromatic rings.